The summed E-state index contributed by atoms with van der Waals surface area (Å²) in [5.41, 5.74) is 2.61. The largest absolute Gasteiger partial charge is 0.355 e. The second-order valence-corrected chi connectivity index (χ2v) is 10.3. The number of aliphatic imine (C=N–C) groups is 1. The van der Waals surface area contributed by atoms with Crippen LogP contribution in [0.3, 0.4) is 0 Å². The molecule has 0 radical (unpaired) electrons. The number of hydrogen-bond acceptors (Lipinski definition) is 5. The first kappa shape index (κ1) is 22.1. The van der Waals surface area contributed by atoms with Crippen molar-refractivity contribution in [2.75, 3.05) is 57.8 Å². The standard InChI is InChI=1S/C21H35N5O2S/c1-22-21(23-9-12-25-13-15-29(27,28)16-14-25)24-17-19-5-7-20(8-6-19)18-26-10-3-2-4-11-26/h5-8H,2-4,9-18H2,1H3,(H2,22,23,24). The van der Waals surface area contributed by atoms with Gasteiger partial charge in [-0.2, -0.15) is 0 Å². The maximum absolute atomic E-state index is 11.5. The molecule has 0 atom stereocenters. The first-order chi connectivity index (χ1) is 14.0. The number of guanidine groups is 1. The number of nitrogens with one attached hydrogen (secondary N) is 2. The molecule has 1 aromatic rings. The van der Waals surface area contributed by atoms with Crippen LogP contribution in [0.4, 0.5) is 0 Å². The molecule has 0 saturated carbocycles. The third-order valence-corrected chi connectivity index (χ3v) is 7.33. The first-order valence-corrected chi connectivity index (χ1v) is 12.5. The fourth-order valence-corrected chi connectivity index (χ4v) is 5.13. The summed E-state index contributed by atoms with van der Waals surface area (Å²) in [6.07, 6.45) is 4.02. The summed E-state index contributed by atoms with van der Waals surface area (Å²) in [6.45, 7) is 7.03. The van der Waals surface area contributed by atoms with E-state index in [1.807, 2.05) is 0 Å². The molecular weight excluding hydrogens is 386 g/mol. The Labute approximate surface area is 175 Å². The van der Waals surface area contributed by atoms with Crippen molar-refractivity contribution in [1.82, 2.24) is 20.4 Å². The van der Waals surface area contributed by atoms with Crippen molar-refractivity contribution < 1.29 is 8.42 Å². The van der Waals surface area contributed by atoms with E-state index in [1.165, 1.54) is 43.5 Å². The monoisotopic (exact) mass is 421 g/mol. The molecule has 2 aliphatic heterocycles. The molecule has 162 valence electrons. The van der Waals surface area contributed by atoms with Crippen LogP contribution >= 0.6 is 0 Å². The van der Waals surface area contributed by atoms with E-state index in [1.54, 1.807) is 7.05 Å². The molecule has 0 spiro atoms. The van der Waals surface area contributed by atoms with Crippen LogP contribution in [0, 0.1) is 0 Å². The molecule has 0 unspecified atom stereocenters. The van der Waals surface area contributed by atoms with Gasteiger partial charge in [0.2, 0.25) is 0 Å². The van der Waals surface area contributed by atoms with Crippen LogP contribution in [-0.2, 0) is 22.9 Å². The minimum atomic E-state index is -2.81. The number of piperidine rings is 1. The van der Waals surface area contributed by atoms with Crippen molar-refractivity contribution in [1.29, 1.82) is 0 Å². The van der Waals surface area contributed by atoms with Gasteiger partial charge >= 0.3 is 0 Å². The Kier molecular flexibility index (Phi) is 8.32. The van der Waals surface area contributed by atoms with Crippen LogP contribution in [-0.4, -0.2) is 82.0 Å². The Bertz CT molecular complexity index is 744. The molecule has 1 aromatic carbocycles. The summed E-state index contributed by atoms with van der Waals surface area (Å²) >= 11 is 0. The summed E-state index contributed by atoms with van der Waals surface area (Å²) in [5, 5.41) is 6.67. The summed E-state index contributed by atoms with van der Waals surface area (Å²) in [7, 11) is -1.05. The van der Waals surface area contributed by atoms with Crippen molar-refractivity contribution >= 4 is 15.8 Å². The van der Waals surface area contributed by atoms with Crippen LogP contribution in [0.1, 0.15) is 30.4 Å². The van der Waals surface area contributed by atoms with Crippen LogP contribution in [0.5, 0.6) is 0 Å². The van der Waals surface area contributed by atoms with E-state index in [9.17, 15) is 8.42 Å². The van der Waals surface area contributed by atoms with Crippen LogP contribution in [0.25, 0.3) is 0 Å². The van der Waals surface area contributed by atoms with Crippen LogP contribution in [0.15, 0.2) is 29.3 Å². The van der Waals surface area contributed by atoms with Gasteiger partial charge in [-0.25, -0.2) is 8.42 Å². The lowest BCUT2D eigenvalue weighted by molar-refractivity contribution is 0.221. The van der Waals surface area contributed by atoms with Crippen molar-refractivity contribution in [3.63, 3.8) is 0 Å². The van der Waals surface area contributed by atoms with Crippen molar-refractivity contribution in [3.8, 4) is 0 Å². The van der Waals surface area contributed by atoms with E-state index in [0.717, 1.165) is 32.1 Å². The first-order valence-electron chi connectivity index (χ1n) is 10.7. The smallest absolute Gasteiger partial charge is 0.191 e. The van der Waals surface area contributed by atoms with Gasteiger partial charge in [0.25, 0.3) is 0 Å². The van der Waals surface area contributed by atoms with Gasteiger partial charge in [0, 0.05) is 46.3 Å². The van der Waals surface area contributed by atoms with Gasteiger partial charge in [0.05, 0.1) is 11.5 Å². The number of nitrogens with zero attached hydrogens (tertiary/aromatic N) is 3. The Morgan fingerprint density at radius 2 is 1.59 bits per heavy atom. The Morgan fingerprint density at radius 3 is 2.24 bits per heavy atom. The molecule has 3 rings (SSSR count). The summed E-state index contributed by atoms with van der Waals surface area (Å²) in [5.74, 6) is 1.31. The second kappa shape index (κ2) is 10.9. The number of sulfone groups is 1. The lowest BCUT2D eigenvalue weighted by atomic mass is 10.1. The molecule has 8 heteroatoms. The molecule has 0 amide bonds. The number of benzene rings is 1. The van der Waals surface area contributed by atoms with Gasteiger partial charge < -0.3 is 10.6 Å². The molecule has 2 fully saturated rings. The fourth-order valence-electron chi connectivity index (χ4n) is 3.85. The van der Waals surface area contributed by atoms with E-state index >= 15 is 0 Å². The quantitative estimate of drug-likeness (QED) is 0.507. The van der Waals surface area contributed by atoms with Crippen LogP contribution < -0.4 is 10.6 Å². The molecule has 2 N–H and O–H groups in total. The molecule has 29 heavy (non-hydrogen) atoms. The minimum Gasteiger partial charge on any atom is -0.355 e. The molecule has 0 bridgehead atoms. The zero-order chi connectivity index (χ0) is 20.5. The van der Waals surface area contributed by atoms with Gasteiger partial charge in [-0.15, -0.1) is 0 Å². The molecule has 0 aliphatic carbocycles. The van der Waals surface area contributed by atoms with Gasteiger partial charge in [-0.3, -0.25) is 14.8 Å². The van der Waals surface area contributed by atoms with Gasteiger partial charge in [-0.1, -0.05) is 30.7 Å². The van der Waals surface area contributed by atoms with E-state index in [0.29, 0.717) is 13.1 Å². The predicted molar refractivity (Wildman–Crippen MR) is 119 cm³/mol. The zero-order valence-electron chi connectivity index (χ0n) is 17.6. The lowest BCUT2D eigenvalue weighted by Crippen LogP contribution is -2.45. The van der Waals surface area contributed by atoms with Gasteiger partial charge in [0.15, 0.2) is 15.8 Å². The predicted octanol–water partition coefficient (Wildman–Crippen LogP) is 1.07. The van der Waals surface area contributed by atoms with Crippen molar-refractivity contribution in [2.24, 2.45) is 4.99 Å². The molecule has 2 saturated heterocycles. The number of hydrogen-bond donors (Lipinski definition) is 2. The minimum absolute atomic E-state index is 0.272. The van der Waals surface area contributed by atoms with E-state index < -0.39 is 9.84 Å². The molecule has 0 aromatic heterocycles. The SMILES string of the molecule is CN=C(NCCN1CCS(=O)(=O)CC1)NCc1ccc(CN2CCCCC2)cc1. The fraction of sp³-hybridized carbons (Fsp3) is 0.667. The third-order valence-electron chi connectivity index (χ3n) is 5.72. The third kappa shape index (κ3) is 7.60. The normalized spacial score (nSPS) is 21.1. The maximum atomic E-state index is 11.5. The molecule has 7 nitrogen and oxygen atoms in total. The number of likely N-dealkylation sites (tertiary alicyclic amines) is 1. The number of rotatable bonds is 7. The molecule has 2 aliphatic rings. The van der Waals surface area contributed by atoms with Crippen LogP contribution in [0.2, 0.25) is 0 Å². The molecular formula is C21H35N5O2S. The van der Waals surface area contributed by atoms with Gasteiger partial charge in [-0.05, 0) is 37.1 Å². The summed E-state index contributed by atoms with van der Waals surface area (Å²) in [6, 6.07) is 8.83. The average Bonchev–Trinajstić information content (AvgIpc) is 2.73. The summed E-state index contributed by atoms with van der Waals surface area (Å²) in [4.78, 5) is 9.00. The Balaban J connectivity index is 1.35. The van der Waals surface area contributed by atoms with Gasteiger partial charge in [0.1, 0.15) is 0 Å². The van der Waals surface area contributed by atoms with Crippen molar-refractivity contribution in [3.05, 3.63) is 35.4 Å². The second-order valence-electron chi connectivity index (χ2n) is 8.00. The average molecular weight is 422 g/mol. The van der Waals surface area contributed by atoms with E-state index in [-0.39, 0.29) is 11.5 Å². The highest BCUT2D eigenvalue weighted by Crippen LogP contribution is 2.13. The Morgan fingerprint density at radius 1 is 0.931 bits per heavy atom. The Hall–Kier alpha value is -1.64. The highest BCUT2D eigenvalue weighted by molar-refractivity contribution is 7.91. The lowest BCUT2D eigenvalue weighted by Gasteiger charge is -2.26. The van der Waals surface area contributed by atoms with Crippen molar-refractivity contribution in [2.45, 2.75) is 32.4 Å². The van der Waals surface area contributed by atoms with E-state index in [2.05, 4.69) is 49.7 Å². The highest BCUT2D eigenvalue weighted by atomic mass is 32.2. The molecule has 2 heterocycles. The summed E-state index contributed by atoms with van der Waals surface area (Å²) < 4.78 is 23.0. The van der Waals surface area contributed by atoms with E-state index in [4.69, 9.17) is 0 Å². The highest BCUT2D eigenvalue weighted by Gasteiger charge is 2.20. The topological polar surface area (TPSA) is 77.0 Å². The zero-order valence-corrected chi connectivity index (χ0v) is 18.4. The maximum Gasteiger partial charge on any atom is 0.191 e.